The molecular formula is C30H39NO10S. The number of fused-ring (bicyclic) bond motifs is 1. The number of ether oxygens (including phenoxy) is 5. The molecule has 42 heavy (non-hydrogen) atoms. The number of benzene rings is 2. The summed E-state index contributed by atoms with van der Waals surface area (Å²) in [7, 11) is -0.895. The van der Waals surface area contributed by atoms with Crippen LogP contribution in [0.25, 0.3) is 0 Å². The van der Waals surface area contributed by atoms with Crippen LogP contribution in [0.3, 0.4) is 0 Å². The Hall–Kier alpha value is -3.35. The summed E-state index contributed by atoms with van der Waals surface area (Å²) in [5.41, 5.74) is 3.74. The van der Waals surface area contributed by atoms with Crippen LogP contribution in [0.1, 0.15) is 56.1 Å². The van der Waals surface area contributed by atoms with Crippen LogP contribution in [0.5, 0.6) is 17.2 Å². The van der Waals surface area contributed by atoms with E-state index >= 15 is 0 Å². The first-order valence-electron chi connectivity index (χ1n) is 14.1. The first-order valence-corrected chi connectivity index (χ1v) is 15.6. The molecule has 1 fully saturated rings. The van der Waals surface area contributed by atoms with Crippen LogP contribution in [0.4, 0.5) is 0 Å². The van der Waals surface area contributed by atoms with Gasteiger partial charge in [0.05, 0.1) is 38.2 Å². The molecule has 2 aliphatic rings. The molecule has 1 aliphatic heterocycles. The highest BCUT2D eigenvalue weighted by molar-refractivity contribution is 7.93. The molecular weight excluding hydrogens is 566 g/mol. The number of carbonyl (C=O) groups excluding carboxylic acids is 2. The number of aryl methyl sites for hydroxylation is 1. The zero-order valence-corrected chi connectivity index (χ0v) is 25.0. The first-order chi connectivity index (χ1) is 20.2. The molecule has 2 unspecified atom stereocenters. The van der Waals surface area contributed by atoms with Gasteiger partial charge in [-0.25, -0.2) is 13.9 Å². The van der Waals surface area contributed by atoms with E-state index in [0.717, 1.165) is 17.5 Å². The van der Waals surface area contributed by atoms with E-state index in [1.165, 1.54) is 29.7 Å². The van der Waals surface area contributed by atoms with Gasteiger partial charge in [0.1, 0.15) is 5.75 Å². The largest absolute Gasteiger partial charge is 0.494 e. The van der Waals surface area contributed by atoms with Gasteiger partial charge in [0.25, 0.3) is 5.91 Å². The summed E-state index contributed by atoms with van der Waals surface area (Å²) in [6, 6.07) is 9.78. The highest BCUT2D eigenvalue weighted by Gasteiger charge is 2.52. The van der Waals surface area contributed by atoms with Crippen LogP contribution < -0.4 is 19.7 Å². The molecule has 0 spiro atoms. The summed E-state index contributed by atoms with van der Waals surface area (Å²) in [6.45, 7) is 2.86. The molecule has 12 heteroatoms. The lowest BCUT2D eigenvalue weighted by Crippen LogP contribution is -2.54. The lowest BCUT2D eigenvalue weighted by atomic mass is 9.76. The quantitative estimate of drug-likeness (QED) is 0.159. The number of rotatable bonds is 12. The molecule has 0 saturated carbocycles. The molecule has 1 heterocycles. The third-order valence-electron chi connectivity index (χ3n) is 8.28. The normalized spacial score (nSPS) is 19.7. The molecule has 0 radical (unpaired) electrons. The van der Waals surface area contributed by atoms with Crippen molar-refractivity contribution in [2.75, 3.05) is 40.6 Å². The maximum Gasteiger partial charge on any atom is 0.309 e. The Morgan fingerprint density at radius 1 is 1.02 bits per heavy atom. The highest BCUT2D eigenvalue weighted by atomic mass is 32.2. The van der Waals surface area contributed by atoms with Crippen molar-refractivity contribution in [1.29, 1.82) is 0 Å². The van der Waals surface area contributed by atoms with Crippen LogP contribution in [-0.4, -0.2) is 70.9 Å². The first kappa shape index (κ1) is 31.6. The number of sulfone groups is 1. The Morgan fingerprint density at radius 3 is 2.31 bits per heavy atom. The van der Waals surface area contributed by atoms with Gasteiger partial charge >= 0.3 is 5.97 Å². The number of esters is 1. The predicted molar refractivity (Wildman–Crippen MR) is 152 cm³/mol. The Balaban J connectivity index is 1.23. The Bertz CT molecular complexity index is 1350. The number of hydrogen-bond acceptors (Lipinski definition) is 10. The molecule has 2 aromatic rings. The lowest BCUT2D eigenvalue weighted by Gasteiger charge is -2.34. The summed E-state index contributed by atoms with van der Waals surface area (Å²) >= 11 is 0. The summed E-state index contributed by atoms with van der Waals surface area (Å²) in [4.78, 5) is 25.2. The summed E-state index contributed by atoms with van der Waals surface area (Å²) in [5.74, 6) is 0.392. The van der Waals surface area contributed by atoms with E-state index in [4.69, 9.17) is 23.7 Å². The summed E-state index contributed by atoms with van der Waals surface area (Å²) < 4.78 is 52.3. The van der Waals surface area contributed by atoms with Crippen molar-refractivity contribution in [1.82, 2.24) is 5.48 Å². The molecule has 11 nitrogen and oxygen atoms in total. The van der Waals surface area contributed by atoms with Crippen molar-refractivity contribution in [3.8, 4) is 17.2 Å². The van der Waals surface area contributed by atoms with Crippen LogP contribution in [-0.2, 0) is 35.3 Å². The van der Waals surface area contributed by atoms with Crippen molar-refractivity contribution >= 4 is 21.7 Å². The fourth-order valence-corrected chi connectivity index (χ4v) is 7.65. The molecule has 2 atom stereocenters. The number of amides is 1. The van der Waals surface area contributed by atoms with Crippen LogP contribution in [0.2, 0.25) is 0 Å². The molecule has 2 aromatic carbocycles. The van der Waals surface area contributed by atoms with E-state index in [2.05, 4.69) is 0 Å². The van der Waals surface area contributed by atoms with Crippen molar-refractivity contribution in [2.24, 2.45) is 5.92 Å². The monoisotopic (exact) mass is 605 g/mol. The van der Waals surface area contributed by atoms with Crippen molar-refractivity contribution in [2.45, 2.75) is 61.0 Å². The van der Waals surface area contributed by atoms with Crippen molar-refractivity contribution < 1.29 is 46.9 Å². The fraction of sp³-hybridized carbons (Fsp3) is 0.533. The van der Waals surface area contributed by atoms with Crippen molar-refractivity contribution in [3.63, 3.8) is 0 Å². The minimum atomic E-state index is -4.10. The zero-order chi connectivity index (χ0) is 30.3. The Morgan fingerprint density at radius 2 is 1.67 bits per heavy atom. The topological polar surface area (TPSA) is 147 Å². The van der Waals surface area contributed by atoms with Gasteiger partial charge in [-0.05, 0) is 92.0 Å². The maximum absolute atomic E-state index is 13.3. The van der Waals surface area contributed by atoms with Crippen LogP contribution in [0.15, 0.2) is 41.3 Å². The maximum atomic E-state index is 13.3. The van der Waals surface area contributed by atoms with Crippen LogP contribution >= 0.6 is 0 Å². The third-order valence-corrected chi connectivity index (χ3v) is 10.8. The van der Waals surface area contributed by atoms with E-state index in [0.29, 0.717) is 43.1 Å². The number of unbranched alkanes of at least 4 members (excludes halogenated alkanes) is 1. The minimum Gasteiger partial charge on any atom is -0.494 e. The van der Waals surface area contributed by atoms with Gasteiger partial charge < -0.3 is 23.7 Å². The van der Waals surface area contributed by atoms with E-state index < -0.39 is 20.5 Å². The molecule has 0 aromatic heterocycles. The molecule has 0 bridgehead atoms. The number of hydroxylamine groups is 1. The lowest BCUT2D eigenvalue weighted by molar-refractivity contribution is -0.150. The minimum absolute atomic E-state index is 0.00414. The van der Waals surface area contributed by atoms with Gasteiger partial charge in [-0.2, -0.15) is 0 Å². The van der Waals surface area contributed by atoms with Gasteiger partial charge in [-0.3, -0.25) is 14.8 Å². The number of hydrogen-bond donors (Lipinski definition) is 2. The Labute approximate surface area is 246 Å². The number of carbonyl (C=O) groups is 2. The molecule has 1 aliphatic carbocycles. The molecule has 4 rings (SSSR count). The average Bonchev–Trinajstić information content (AvgIpc) is 3.02. The summed E-state index contributed by atoms with van der Waals surface area (Å²) in [5, 5.41) is 9.18. The SMILES string of the molecule is COc1cc2c(cc1OC)C(C)C(C(=O)OCCCCOc1ccc(S(=O)(=O)C3(C(=O)NO)CCOCC3)cc1)CC2. The highest BCUT2D eigenvalue weighted by Crippen LogP contribution is 2.42. The zero-order valence-electron chi connectivity index (χ0n) is 24.2. The number of nitrogens with one attached hydrogen (secondary N) is 1. The molecule has 1 saturated heterocycles. The third kappa shape index (κ3) is 6.35. The average molecular weight is 606 g/mol. The number of methoxy groups -OCH3 is 2. The molecule has 1 amide bonds. The van der Waals surface area contributed by atoms with Crippen molar-refractivity contribution in [3.05, 3.63) is 47.5 Å². The van der Waals surface area contributed by atoms with Gasteiger partial charge in [0, 0.05) is 13.2 Å². The second-order valence-electron chi connectivity index (χ2n) is 10.6. The van der Waals surface area contributed by atoms with Gasteiger partial charge in [0.2, 0.25) is 0 Å². The van der Waals surface area contributed by atoms with Gasteiger partial charge in [-0.15, -0.1) is 0 Å². The smallest absolute Gasteiger partial charge is 0.309 e. The van der Waals surface area contributed by atoms with E-state index in [1.54, 1.807) is 14.2 Å². The standard InChI is InChI=1S/C30H39NO10S/c1-20-24(11-6-21-18-26(37-2)27(38-3)19-25(20)21)28(32)41-15-5-4-14-40-22-7-9-23(10-8-22)42(35,36)30(29(33)31-34)12-16-39-17-13-30/h7-10,18-20,24,34H,4-6,11-17H2,1-3H3,(H,31,33). The Kier molecular flexibility index (Phi) is 10.3. The second-order valence-corrected chi connectivity index (χ2v) is 12.8. The van der Waals surface area contributed by atoms with Gasteiger partial charge in [0.15, 0.2) is 26.1 Å². The fourth-order valence-electron chi connectivity index (χ4n) is 5.71. The van der Waals surface area contributed by atoms with Gasteiger partial charge in [-0.1, -0.05) is 6.92 Å². The van der Waals surface area contributed by atoms with E-state index in [1.807, 2.05) is 19.1 Å². The van der Waals surface area contributed by atoms with Crippen LogP contribution in [0, 0.1) is 5.92 Å². The van der Waals surface area contributed by atoms with E-state index in [-0.39, 0.29) is 55.4 Å². The van der Waals surface area contributed by atoms with E-state index in [9.17, 15) is 23.2 Å². The molecule has 2 N–H and O–H groups in total. The molecule has 230 valence electrons. The predicted octanol–water partition coefficient (Wildman–Crippen LogP) is 3.60. The second kappa shape index (κ2) is 13.7. The summed E-state index contributed by atoms with van der Waals surface area (Å²) in [6.07, 6.45) is 2.60.